The predicted molar refractivity (Wildman–Crippen MR) is 83.6 cm³/mol. The van der Waals surface area contributed by atoms with E-state index in [1.54, 1.807) is 6.92 Å². The van der Waals surface area contributed by atoms with Crippen LogP contribution in [0.4, 0.5) is 10.1 Å². The first kappa shape index (κ1) is 16.8. The lowest BCUT2D eigenvalue weighted by Crippen LogP contribution is -2.06. The fraction of sp³-hybridized carbons (Fsp3) is 0.143. The van der Waals surface area contributed by atoms with Crippen molar-refractivity contribution < 1.29 is 14.1 Å². The van der Waals surface area contributed by atoms with E-state index in [1.807, 2.05) is 0 Å². The van der Waals surface area contributed by atoms with E-state index in [0.717, 1.165) is 6.07 Å². The monoisotopic (exact) mass is 363 g/mol. The third kappa shape index (κ3) is 3.43. The topological polar surface area (TPSA) is 52.4 Å². The molecule has 1 unspecified atom stereocenters. The minimum atomic E-state index is -0.699. The van der Waals surface area contributed by atoms with Crippen LogP contribution in [0, 0.1) is 15.9 Å². The van der Waals surface area contributed by atoms with Gasteiger partial charge in [-0.05, 0) is 25.1 Å². The van der Waals surface area contributed by atoms with Gasteiger partial charge in [-0.15, -0.1) is 0 Å². The van der Waals surface area contributed by atoms with E-state index < -0.39 is 16.8 Å². The number of ether oxygens (including phenoxy) is 1. The van der Waals surface area contributed by atoms with Gasteiger partial charge in [0.25, 0.3) is 5.69 Å². The van der Waals surface area contributed by atoms with Gasteiger partial charge in [0, 0.05) is 22.7 Å². The van der Waals surface area contributed by atoms with Crippen LogP contribution < -0.4 is 4.74 Å². The molecule has 0 saturated heterocycles. The van der Waals surface area contributed by atoms with Crippen molar-refractivity contribution in [1.82, 2.24) is 0 Å². The molecule has 0 aliphatic carbocycles. The van der Waals surface area contributed by atoms with Crippen LogP contribution in [-0.4, -0.2) is 4.92 Å². The second-order valence-electron chi connectivity index (χ2n) is 4.39. The molecule has 4 nitrogen and oxygen atoms in total. The zero-order valence-electron chi connectivity index (χ0n) is 11.1. The molecule has 0 spiro atoms. The summed E-state index contributed by atoms with van der Waals surface area (Å²) in [6.45, 7) is 1.62. The molecule has 0 aromatic heterocycles. The van der Waals surface area contributed by atoms with Crippen molar-refractivity contribution in [2.24, 2.45) is 0 Å². The van der Waals surface area contributed by atoms with Crippen molar-refractivity contribution >= 4 is 40.5 Å². The summed E-state index contributed by atoms with van der Waals surface area (Å²) in [5.74, 6) is -0.414. The first-order valence-electron chi connectivity index (χ1n) is 6.05. The predicted octanol–water partition coefficient (Wildman–Crippen LogP) is 5.83. The molecule has 2 aromatic carbocycles. The molecule has 0 bridgehead atoms. The number of hydrogen-bond acceptors (Lipinski definition) is 3. The fourth-order valence-corrected chi connectivity index (χ4v) is 2.76. The number of nitrogens with zero attached hydrogens (tertiary/aromatic N) is 1. The Morgan fingerprint density at radius 2 is 1.86 bits per heavy atom. The number of rotatable bonds is 4. The van der Waals surface area contributed by atoms with Crippen molar-refractivity contribution in [3.63, 3.8) is 0 Å². The molecule has 0 N–H and O–H groups in total. The summed E-state index contributed by atoms with van der Waals surface area (Å²) >= 11 is 17.9. The zero-order valence-corrected chi connectivity index (χ0v) is 13.4. The summed E-state index contributed by atoms with van der Waals surface area (Å²) in [7, 11) is 0. The van der Waals surface area contributed by atoms with Crippen molar-refractivity contribution in [3.8, 4) is 5.75 Å². The van der Waals surface area contributed by atoms with E-state index in [0.29, 0.717) is 0 Å². The maximum Gasteiger partial charge on any atom is 0.271 e. The van der Waals surface area contributed by atoms with E-state index in [9.17, 15) is 14.5 Å². The second kappa shape index (κ2) is 6.69. The molecule has 0 aliphatic heterocycles. The summed E-state index contributed by atoms with van der Waals surface area (Å²) < 4.78 is 19.1. The molecular weight excluding hydrogens is 356 g/mol. The summed E-state index contributed by atoms with van der Waals surface area (Å²) in [6, 6.07) is 6.30. The lowest BCUT2D eigenvalue weighted by molar-refractivity contribution is -0.384. The molecule has 2 aromatic rings. The van der Waals surface area contributed by atoms with Gasteiger partial charge < -0.3 is 4.74 Å². The van der Waals surface area contributed by atoms with Crippen LogP contribution in [-0.2, 0) is 0 Å². The van der Waals surface area contributed by atoms with Crippen molar-refractivity contribution in [2.75, 3.05) is 0 Å². The standard InChI is InChI=1S/C14H9Cl3FNO3/c1-7(13-9(15)3-4-11(18)14(13)17)22-12-5-2-8(19(20)21)6-10(12)16/h2-7H,1H3. The van der Waals surface area contributed by atoms with E-state index in [2.05, 4.69) is 0 Å². The average molecular weight is 365 g/mol. The average Bonchev–Trinajstić information content (AvgIpc) is 2.45. The molecule has 0 aliphatic rings. The van der Waals surface area contributed by atoms with Gasteiger partial charge in [0.1, 0.15) is 17.7 Å². The molecule has 2 rings (SSSR count). The van der Waals surface area contributed by atoms with Gasteiger partial charge in [0.2, 0.25) is 0 Å². The van der Waals surface area contributed by atoms with Gasteiger partial charge >= 0.3 is 0 Å². The number of non-ortho nitro benzene ring substituents is 1. The van der Waals surface area contributed by atoms with E-state index in [1.165, 1.54) is 24.3 Å². The molecule has 0 radical (unpaired) electrons. The molecule has 8 heteroatoms. The Kier molecular flexibility index (Phi) is 5.11. The van der Waals surface area contributed by atoms with E-state index in [4.69, 9.17) is 39.5 Å². The maximum absolute atomic E-state index is 13.5. The van der Waals surface area contributed by atoms with Crippen molar-refractivity contribution in [1.29, 1.82) is 0 Å². The van der Waals surface area contributed by atoms with Gasteiger partial charge in [0.05, 0.1) is 15.0 Å². The SMILES string of the molecule is CC(Oc1ccc([N+](=O)[O-])cc1Cl)c1c(Cl)ccc(F)c1Cl. The van der Waals surface area contributed by atoms with Crippen molar-refractivity contribution in [2.45, 2.75) is 13.0 Å². The number of hydrogen-bond donors (Lipinski definition) is 0. The third-order valence-electron chi connectivity index (χ3n) is 2.92. The first-order valence-corrected chi connectivity index (χ1v) is 7.18. The van der Waals surface area contributed by atoms with Gasteiger partial charge in [-0.3, -0.25) is 10.1 Å². The van der Waals surface area contributed by atoms with Crippen LogP contribution in [0.5, 0.6) is 5.75 Å². The summed E-state index contributed by atoms with van der Waals surface area (Å²) in [5.41, 5.74) is 0.115. The van der Waals surface area contributed by atoms with Crippen LogP contribution in [0.3, 0.4) is 0 Å². The molecule has 22 heavy (non-hydrogen) atoms. The highest BCUT2D eigenvalue weighted by Crippen LogP contribution is 2.37. The molecule has 0 heterocycles. The molecule has 0 saturated carbocycles. The van der Waals surface area contributed by atoms with Gasteiger partial charge in [0.15, 0.2) is 0 Å². The number of nitro groups is 1. The Morgan fingerprint density at radius 1 is 1.18 bits per heavy atom. The minimum absolute atomic E-state index is 0.0599. The Morgan fingerprint density at radius 3 is 2.45 bits per heavy atom. The summed E-state index contributed by atoms with van der Waals surface area (Å²) in [5, 5.41) is 10.8. The van der Waals surface area contributed by atoms with Crippen LogP contribution in [0.1, 0.15) is 18.6 Å². The maximum atomic E-state index is 13.5. The van der Waals surface area contributed by atoms with Crippen molar-refractivity contribution in [3.05, 3.63) is 66.9 Å². The zero-order chi connectivity index (χ0) is 16.4. The molecule has 1 atom stereocenters. The van der Waals surface area contributed by atoms with Crippen LogP contribution >= 0.6 is 34.8 Å². The Balaban J connectivity index is 2.32. The quantitative estimate of drug-likeness (QED) is 0.389. The number of nitro benzene ring substituents is 1. The lowest BCUT2D eigenvalue weighted by atomic mass is 10.1. The highest BCUT2D eigenvalue weighted by molar-refractivity contribution is 6.36. The molecule has 116 valence electrons. The lowest BCUT2D eigenvalue weighted by Gasteiger charge is -2.18. The summed E-state index contributed by atoms with van der Waals surface area (Å²) in [4.78, 5) is 10.1. The Hall–Kier alpha value is -1.56. The molecule has 0 amide bonds. The second-order valence-corrected chi connectivity index (χ2v) is 5.58. The van der Waals surface area contributed by atoms with Crippen LogP contribution in [0.15, 0.2) is 30.3 Å². The smallest absolute Gasteiger partial charge is 0.271 e. The van der Waals surface area contributed by atoms with Crippen LogP contribution in [0.2, 0.25) is 15.1 Å². The largest absolute Gasteiger partial charge is 0.484 e. The Bertz CT molecular complexity index is 740. The van der Waals surface area contributed by atoms with Gasteiger partial charge in [-0.25, -0.2) is 4.39 Å². The number of halogens is 4. The van der Waals surface area contributed by atoms with Gasteiger partial charge in [-0.2, -0.15) is 0 Å². The van der Waals surface area contributed by atoms with E-state index in [-0.39, 0.29) is 32.1 Å². The Labute approximate surface area is 140 Å². The van der Waals surface area contributed by atoms with E-state index >= 15 is 0 Å². The van der Waals surface area contributed by atoms with Gasteiger partial charge in [-0.1, -0.05) is 34.8 Å². The third-order valence-corrected chi connectivity index (χ3v) is 3.93. The molecule has 0 fully saturated rings. The molecular formula is C14H9Cl3FNO3. The fourth-order valence-electron chi connectivity index (χ4n) is 1.86. The first-order chi connectivity index (χ1) is 10.3. The number of benzene rings is 2. The summed E-state index contributed by atoms with van der Waals surface area (Å²) in [6.07, 6.45) is -0.699. The highest BCUT2D eigenvalue weighted by Gasteiger charge is 2.20. The highest BCUT2D eigenvalue weighted by atomic mass is 35.5. The van der Waals surface area contributed by atoms with Crippen LogP contribution in [0.25, 0.3) is 0 Å². The normalized spacial score (nSPS) is 12.0. The minimum Gasteiger partial charge on any atom is -0.484 e.